The highest BCUT2D eigenvalue weighted by atomic mass is 32.1. The number of hydrogen-bond acceptors (Lipinski definition) is 3. The molecule has 0 fully saturated rings. The van der Waals surface area contributed by atoms with E-state index in [1.807, 2.05) is 42.5 Å². The molecule has 0 spiro atoms. The first-order valence-corrected chi connectivity index (χ1v) is 5.90. The predicted molar refractivity (Wildman–Crippen MR) is 76.0 cm³/mol. The van der Waals surface area contributed by atoms with E-state index in [0.717, 1.165) is 23.0 Å². The number of hydrogen-bond donors (Lipinski definition) is 0. The number of benzene rings is 2. The Morgan fingerprint density at radius 3 is 2.33 bits per heavy atom. The molecular formula is C15H12O2S. The third-order valence-electron chi connectivity index (χ3n) is 2.71. The number of aldehydes is 1. The lowest BCUT2D eigenvalue weighted by molar-refractivity contribution is 0.112. The lowest BCUT2D eigenvalue weighted by atomic mass is 9.96. The maximum absolute atomic E-state index is 11.1. The van der Waals surface area contributed by atoms with Crippen molar-refractivity contribution in [1.82, 2.24) is 0 Å². The highest BCUT2D eigenvalue weighted by molar-refractivity contribution is 7.80. The van der Waals surface area contributed by atoms with Gasteiger partial charge in [-0.3, -0.25) is 4.79 Å². The fraction of sp³-hybridized carbons (Fsp3) is 0.0667. The van der Waals surface area contributed by atoms with Crippen molar-refractivity contribution >= 4 is 23.6 Å². The summed E-state index contributed by atoms with van der Waals surface area (Å²) in [4.78, 5) is 11.1. The van der Waals surface area contributed by atoms with Gasteiger partial charge in [0.2, 0.25) is 0 Å². The molecule has 0 saturated carbocycles. The minimum Gasteiger partial charge on any atom is -0.486 e. The van der Waals surface area contributed by atoms with Gasteiger partial charge in [-0.05, 0) is 29.4 Å². The summed E-state index contributed by atoms with van der Waals surface area (Å²) < 4.78 is 5.12. The Morgan fingerprint density at radius 1 is 1.06 bits per heavy atom. The first kappa shape index (κ1) is 12.5. The molecule has 0 saturated heterocycles. The molecule has 0 amide bonds. The van der Waals surface area contributed by atoms with Gasteiger partial charge in [0.1, 0.15) is 0 Å². The molecule has 2 aromatic rings. The van der Waals surface area contributed by atoms with E-state index >= 15 is 0 Å². The van der Waals surface area contributed by atoms with Crippen LogP contribution in [0.1, 0.15) is 15.9 Å². The third-order valence-corrected chi connectivity index (χ3v) is 3.10. The van der Waals surface area contributed by atoms with Crippen molar-refractivity contribution in [2.24, 2.45) is 0 Å². The van der Waals surface area contributed by atoms with Crippen LogP contribution in [0.25, 0.3) is 11.1 Å². The Balaban J connectivity index is 2.64. The summed E-state index contributed by atoms with van der Waals surface area (Å²) in [6, 6.07) is 15.1. The number of carbonyl (C=O) groups is 1. The lowest BCUT2D eigenvalue weighted by Crippen LogP contribution is -2.02. The molecule has 18 heavy (non-hydrogen) atoms. The number of methoxy groups -OCH3 is 1. The minimum atomic E-state index is 0.423. The maximum atomic E-state index is 11.1. The summed E-state index contributed by atoms with van der Waals surface area (Å²) in [7, 11) is 1.55. The Kier molecular flexibility index (Phi) is 3.85. The normalized spacial score (nSPS) is 9.83. The van der Waals surface area contributed by atoms with Crippen molar-refractivity contribution in [2.75, 3.05) is 7.11 Å². The fourth-order valence-electron chi connectivity index (χ4n) is 1.85. The Bertz CT molecular complexity index is 591. The first-order chi connectivity index (χ1) is 8.77. The molecule has 2 aromatic carbocycles. The van der Waals surface area contributed by atoms with Crippen molar-refractivity contribution in [1.29, 1.82) is 0 Å². The quantitative estimate of drug-likeness (QED) is 0.621. The van der Waals surface area contributed by atoms with Gasteiger partial charge in [-0.15, -0.1) is 0 Å². The summed E-state index contributed by atoms with van der Waals surface area (Å²) in [5.41, 5.74) is 3.24. The van der Waals surface area contributed by atoms with Crippen LogP contribution in [0.4, 0.5) is 0 Å². The van der Waals surface area contributed by atoms with E-state index in [0.29, 0.717) is 10.6 Å². The molecule has 0 aliphatic carbocycles. The topological polar surface area (TPSA) is 26.3 Å². The predicted octanol–water partition coefficient (Wildman–Crippen LogP) is 3.49. The van der Waals surface area contributed by atoms with Crippen molar-refractivity contribution in [3.05, 3.63) is 59.7 Å². The monoisotopic (exact) mass is 256 g/mol. The fourth-order valence-corrected chi connectivity index (χ4v) is 2.03. The van der Waals surface area contributed by atoms with Crippen LogP contribution in [0.5, 0.6) is 0 Å². The third kappa shape index (κ3) is 2.31. The molecule has 0 unspecified atom stereocenters. The largest absolute Gasteiger partial charge is 0.486 e. The molecule has 2 nitrogen and oxygen atoms in total. The zero-order valence-electron chi connectivity index (χ0n) is 9.92. The molecule has 3 heteroatoms. The standard InChI is InChI=1S/C15H12O2S/c1-17-15(18)14-9-5-4-8-13(14)12-7-3-2-6-11(12)10-16/h2-10H,1H3. The van der Waals surface area contributed by atoms with Gasteiger partial charge in [0, 0.05) is 11.1 Å². The Labute approximate surface area is 111 Å². The van der Waals surface area contributed by atoms with Crippen LogP contribution in [0.3, 0.4) is 0 Å². The molecule has 0 N–H and O–H groups in total. The summed E-state index contributed by atoms with van der Waals surface area (Å²) in [6.07, 6.45) is 0.849. The average molecular weight is 256 g/mol. The van der Waals surface area contributed by atoms with Crippen molar-refractivity contribution in [3.8, 4) is 11.1 Å². The van der Waals surface area contributed by atoms with Crippen LogP contribution in [-0.2, 0) is 4.74 Å². The molecule has 0 heterocycles. The molecule has 2 rings (SSSR count). The number of rotatable bonds is 3. The SMILES string of the molecule is COC(=S)c1ccccc1-c1ccccc1C=O. The van der Waals surface area contributed by atoms with Gasteiger partial charge in [-0.25, -0.2) is 0 Å². The second-order valence-corrected chi connectivity index (χ2v) is 4.11. The highest BCUT2D eigenvalue weighted by Crippen LogP contribution is 2.27. The van der Waals surface area contributed by atoms with Gasteiger partial charge in [-0.1, -0.05) is 42.5 Å². The Morgan fingerprint density at radius 2 is 1.67 bits per heavy atom. The van der Waals surface area contributed by atoms with Crippen LogP contribution in [0, 0.1) is 0 Å². The second kappa shape index (κ2) is 5.56. The van der Waals surface area contributed by atoms with Crippen molar-refractivity contribution < 1.29 is 9.53 Å². The van der Waals surface area contributed by atoms with Crippen LogP contribution < -0.4 is 0 Å². The van der Waals surface area contributed by atoms with Crippen molar-refractivity contribution in [3.63, 3.8) is 0 Å². The molecular weight excluding hydrogens is 244 g/mol. The van der Waals surface area contributed by atoms with E-state index in [9.17, 15) is 4.79 Å². The van der Waals surface area contributed by atoms with Gasteiger partial charge in [0.15, 0.2) is 11.3 Å². The van der Waals surface area contributed by atoms with E-state index in [1.54, 1.807) is 13.2 Å². The van der Waals surface area contributed by atoms with Gasteiger partial charge in [0.05, 0.1) is 7.11 Å². The van der Waals surface area contributed by atoms with Gasteiger partial charge in [0.25, 0.3) is 0 Å². The molecule has 90 valence electrons. The van der Waals surface area contributed by atoms with Crippen LogP contribution in [0.2, 0.25) is 0 Å². The van der Waals surface area contributed by atoms with E-state index in [-0.39, 0.29) is 0 Å². The van der Waals surface area contributed by atoms with Crippen molar-refractivity contribution in [2.45, 2.75) is 0 Å². The number of thiocarbonyl (C=S) groups is 1. The molecule has 0 radical (unpaired) electrons. The van der Waals surface area contributed by atoms with Crippen LogP contribution in [-0.4, -0.2) is 18.4 Å². The summed E-state index contributed by atoms with van der Waals surface area (Å²) in [5.74, 6) is 0. The first-order valence-electron chi connectivity index (χ1n) is 5.50. The Hall–Kier alpha value is -2.00. The lowest BCUT2D eigenvalue weighted by Gasteiger charge is -2.11. The molecule has 0 aliphatic rings. The van der Waals surface area contributed by atoms with E-state index in [1.165, 1.54) is 0 Å². The molecule has 0 aromatic heterocycles. The van der Waals surface area contributed by atoms with E-state index in [4.69, 9.17) is 17.0 Å². The smallest absolute Gasteiger partial charge is 0.191 e. The molecule has 0 atom stereocenters. The van der Waals surface area contributed by atoms with Crippen LogP contribution in [0.15, 0.2) is 48.5 Å². The summed E-state index contributed by atoms with van der Waals surface area (Å²) >= 11 is 5.18. The van der Waals surface area contributed by atoms with Gasteiger partial charge < -0.3 is 4.74 Å². The second-order valence-electron chi connectivity index (χ2n) is 3.74. The molecule has 0 bridgehead atoms. The minimum absolute atomic E-state index is 0.423. The zero-order valence-corrected chi connectivity index (χ0v) is 10.7. The zero-order chi connectivity index (χ0) is 13.0. The van der Waals surface area contributed by atoms with E-state index in [2.05, 4.69) is 0 Å². The van der Waals surface area contributed by atoms with E-state index < -0.39 is 0 Å². The van der Waals surface area contributed by atoms with Gasteiger partial charge in [-0.2, -0.15) is 0 Å². The number of carbonyl (C=O) groups excluding carboxylic acids is 1. The number of ether oxygens (including phenoxy) is 1. The summed E-state index contributed by atoms with van der Waals surface area (Å²) in [5, 5.41) is 0.423. The molecule has 0 aliphatic heterocycles. The average Bonchev–Trinajstić information content (AvgIpc) is 2.46. The maximum Gasteiger partial charge on any atom is 0.191 e. The van der Waals surface area contributed by atoms with Gasteiger partial charge >= 0.3 is 0 Å². The summed E-state index contributed by atoms with van der Waals surface area (Å²) in [6.45, 7) is 0. The highest BCUT2D eigenvalue weighted by Gasteiger charge is 2.11. The van der Waals surface area contributed by atoms with Crippen LogP contribution >= 0.6 is 12.2 Å².